The minimum Gasteiger partial charge on any atom is -0.334 e. The van der Waals surface area contributed by atoms with Gasteiger partial charge in [0, 0.05) is 31.9 Å². The van der Waals surface area contributed by atoms with Crippen LogP contribution in [0.4, 0.5) is 0 Å². The van der Waals surface area contributed by atoms with Crippen molar-refractivity contribution in [3.63, 3.8) is 0 Å². The Kier molecular flexibility index (Phi) is 4.18. The molecule has 2 rings (SSSR count). The highest BCUT2D eigenvalue weighted by molar-refractivity contribution is 4.98. The zero-order valence-electron chi connectivity index (χ0n) is 11.3. The summed E-state index contributed by atoms with van der Waals surface area (Å²) in [4.78, 5) is 9.11. The normalized spacial score (nSPS) is 21.5. The molecule has 1 aliphatic heterocycles. The lowest BCUT2D eigenvalue weighted by molar-refractivity contribution is 0.212. The molecule has 17 heavy (non-hydrogen) atoms. The first-order valence-electron chi connectivity index (χ1n) is 6.58. The summed E-state index contributed by atoms with van der Waals surface area (Å²) in [6, 6.07) is 0.734. The third-order valence-electron chi connectivity index (χ3n) is 3.77. The quantitative estimate of drug-likeness (QED) is 0.773. The van der Waals surface area contributed by atoms with Gasteiger partial charge in [-0.25, -0.2) is 4.98 Å². The van der Waals surface area contributed by atoms with E-state index in [1.807, 2.05) is 12.5 Å². The molecule has 1 aliphatic rings. The van der Waals surface area contributed by atoms with Gasteiger partial charge in [0.1, 0.15) is 0 Å². The van der Waals surface area contributed by atoms with E-state index >= 15 is 0 Å². The van der Waals surface area contributed by atoms with Gasteiger partial charge in [-0.2, -0.15) is 0 Å². The van der Waals surface area contributed by atoms with Crippen molar-refractivity contribution in [3.8, 4) is 0 Å². The number of nitrogens with zero attached hydrogens (tertiary/aromatic N) is 4. The molecule has 0 radical (unpaired) electrons. The van der Waals surface area contributed by atoms with Crippen LogP contribution in [0.25, 0.3) is 0 Å². The highest BCUT2D eigenvalue weighted by Gasteiger charge is 2.22. The standard InChI is InChI=1S/C13H24N4/c1-4-17-11-14-8-13(17)10-15(2)9-12-6-5-7-16(12)3/h8,11-12H,4-7,9-10H2,1-3H3. The second-order valence-corrected chi connectivity index (χ2v) is 5.14. The molecule has 1 aromatic heterocycles. The van der Waals surface area contributed by atoms with Crippen LogP contribution in [0.2, 0.25) is 0 Å². The SMILES string of the molecule is CCn1cncc1CN(C)CC1CCCN1C. The fraction of sp³-hybridized carbons (Fsp3) is 0.769. The number of aromatic nitrogens is 2. The van der Waals surface area contributed by atoms with Crippen molar-refractivity contribution in [2.75, 3.05) is 27.2 Å². The van der Waals surface area contributed by atoms with Crippen LogP contribution >= 0.6 is 0 Å². The van der Waals surface area contributed by atoms with E-state index in [0.717, 1.165) is 25.7 Å². The van der Waals surface area contributed by atoms with Crippen molar-refractivity contribution in [2.24, 2.45) is 0 Å². The van der Waals surface area contributed by atoms with E-state index in [1.165, 1.54) is 25.1 Å². The maximum atomic E-state index is 4.22. The van der Waals surface area contributed by atoms with Crippen LogP contribution in [0.15, 0.2) is 12.5 Å². The number of likely N-dealkylation sites (N-methyl/N-ethyl adjacent to an activating group) is 2. The molecule has 0 bridgehead atoms. The van der Waals surface area contributed by atoms with E-state index in [9.17, 15) is 0 Å². The molecule has 2 heterocycles. The van der Waals surface area contributed by atoms with E-state index in [-0.39, 0.29) is 0 Å². The molecular formula is C13H24N4. The average molecular weight is 236 g/mol. The number of imidazole rings is 1. The molecule has 0 amide bonds. The summed E-state index contributed by atoms with van der Waals surface area (Å²) in [5.41, 5.74) is 1.32. The second kappa shape index (κ2) is 5.65. The fourth-order valence-electron chi connectivity index (χ4n) is 2.68. The third kappa shape index (κ3) is 3.07. The van der Waals surface area contributed by atoms with Crippen molar-refractivity contribution in [1.29, 1.82) is 0 Å². The molecule has 1 atom stereocenters. The van der Waals surface area contributed by atoms with E-state index in [4.69, 9.17) is 0 Å². The van der Waals surface area contributed by atoms with Gasteiger partial charge in [0.2, 0.25) is 0 Å². The predicted octanol–water partition coefficient (Wildman–Crippen LogP) is 1.43. The minimum absolute atomic E-state index is 0.734. The first-order chi connectivity index (χ1) is 8.20. The van der Waals surface area contributed by atoms with Crippen molar-refractivity contribution in [3.05, 3.63) is 18.2 Å². The highest BCUT2D eigenvalue weighted by atomic mass is 15.2. The smallest absolute Gasteiger partial charge is 0.0948 e. The number of aryl methyl sites for hydroxylation is 1. The highest BCUT2D eigenvalue weighted by Crippen LogP contribution is 2.16. The topological polar surface area (TPSA) is 24.3 Å². The molecule has 4 nitrogen and oxygen atoms in total. The van der Waals surface area contributed by atoms with Gasteiger partial charge in [0.25, 0.3) is 0 Å². The van der Waals surface area contributed by atoms with Gasteiger partial charge in [-0.05, 0) is 40.4 Å². The van der Waals surface area contributed by atoms with Crippen molar-refractivity contribution < 1.29 is 0 Å². The molecule has 0 N–H and O–H groups in total. The molecule has 1 aromatic rings. The molecule has 1 unspecified atom stereocenters. The summed E-state index contributed by atoms with van der Waals surface area (Å²) in [6.45, 7) is 6.58. The summed E-state index contributed by atoms with van der Waals surface area (Å²) < 4.78 is 2.22. The molecule has 1 fully saturated rings. The van der Waals surface area contributed by atoms with E-state index < -0.39 is 0 Å². The zero-order chi connectivity index (χ0) is 12.3. The zero-order valence-corrected chi connectivity index (χ0v) is 11.3. The van der Waals surface area contributed by atoms with Crippen molar-refractivity contribution in [1.82, 2.24) is 19.4 Å². The Morgan fingerprint density at radius 2 is 2.35 bits per heavy atom. The van der Waals surface area contributed by atoms with Crippen LogP contribution in [-0.2, 0) is 13.1 Å². The van der Waals surface area contributed by atoms with Gasteiger partial charge in [0.05, 0.1) is 12.0 Å². The molecule has 4 heteroatoms. The van der Waals surface area contributed by atoms with Gasteiger partial charge in [-0.15, -0.1) is 0 Å². The molecule has 0 spiro atoms. The summed E-state index contributed by atoms with van der Waals surface area (Å²) >= 11 is 0. The van der Waals surface area contributed by atoms with E-state index in [2.05, 4.69) is 40.4 Å². The van der Waals surface area contributed by atoms with E-state index in [0.29, 0.717) is 0 Å². The van der Waals surface area contributed by atoms with Crippen molar-refractivity contribution in [2.45, 2.75) is 38.9 Å². The Hall–Kier alpha value is -0.870. The average Bonchev–Trinajstić information content (AvgIpc) is 2.89. The van der Waals surface area contributed by atoms with Crippen LogP contribution < -0.4 is 0 Å². The molecule has 1 saturated heterocycles. The van der Waals surface area contributed by atoms with Crippen LogP contribution in [0.5, 0.6) is 0 Å². The molecule has 0 aliphatic carbocycles. The molecule has 0 aromatic carbocycles. The first-order valence-corrected chi connectivity index (χ1v) is 6.58. The Bertz CT molecular complexity index is 347. The van der Waals surface area contributed by atoms with E-state index in [1.54, 1.807) is 0 Å². The van der Waals surface area contributed by atoms with Crippen LogP contribution in [0.3, 0.4) is 0 Å². The Labute approximate surface area is 104 Å². The summed E-state index contributed by atoms with van der Waals surface area (Å²) in [6.07, 6.45) is 6.60. The summed E-state index contributed by atoms with van der Waals surface area (Å²) in [5, 5.41) is 0. The third-order valence-corrected chi connectivity index (χ3v) is 3.77. The summed E-state index contributed by atoms with van der Waals surface area (Å²) in [7, 11) is 4.45. The number of hydrogen-bond donors (Lipinski definition) is 0. The maximum Gasteiger partial charge on any atom is 0.0948 e. The largest absolute Gasteiger partial charge is 0.334 e. The maximum absolute atomic E-state index is 4.22. The predicted molar refractivity (Wildman–Crippen MR) is 69.9 cm³/mol. The minimum atomic E-state index is 0.734. The number of rotatable bonds is 5. The number of likely N-dealkylation sites (tertiary alicyclic amines) is 1. The molecular weight excluding hydrogens is 212 g/mol. The fourth-order valence-corrected chi connectivity index (χ4v) is 2.68. The first kappa shape index (κ1) is 12.6. The monoisotopic (exact) mass is 236 g/mol. The molecule has 96 valence electrons. The number of hydrogen-bond acceptors (Lipinski definition) is 3. The lowest BCUT2D eigenvalue weighted by Crippen LogP contribution is -2.36. The molecule has 0 saturated carbocycles. The Balaban J connectivity index is 1.86. The summed E-state index contributed by atoms with van der Waals surface area (Å²) in [5.74, 6) is 0. The van der Waals surface area contributed by atoms with Gasteiger partial charge < -0.3 is 9.47 Å². The second-order valence-electron chi connectivity index (χ2n) is 5.14. The lowest BCUT2D eigenvalue weighted by Gasteiger charge is -2.25. The van der Waals surface area contributed by atoms with Crippen LogP contribution in [0, 0.1) is 0 Å². The van der Waals surface area contributed by atoms with Gasteiger partial charge in [-0.1, -0.05) is 0 Å². The van der Waals surface area contributed by atoms with Crippen LogP contribution in [0.1, 0.15) is 25.5 Å². The lowest BCUT2D eigenvalue weighted by atomic mass is 10.2. The Morgan fingerprint density at radius 1 is 1.53 bits per heavy atom. The van der Waals surface area contributed by atoms with Gasteiger partial charge >= 0.3 is 0 Å². The van der Waals surface area contributed by atoms with Crippen molar-refractivity contribution >= 4 is 0 Å². The van der Waals surface area contributed by atoms with Gasteiger partial charge in [-0.3, -0.25) is 4.90 Å². The van der Waals surface area contributed by atoms with Gasteiger partial charge in [0.15, 0.2) is 0 Å². The van der Waals surface area contributed by atoms with Crippen LogP contribution in [-0.4, -0.2) is 52.6 Å². The Morgan fingerprint density at radius 3 is 3.00 bits per heavy atom.